The highest BCUT2D eigenvalue weighted by atomic mass is 19.1. The maximum atomic E-state index is 13.7. The summed E-state index contributed by atoms with van der Waals surface area (Å²) >= 11 is 0. The predicted octanol–water partition coefficient (Wildman–Crippen LogP) is 3.71. The zero-order valence-corrected chi connectivity index (χ0v) is 17.3. The highest BCUT2D eigenvalue weighted by Crippen LogP contribution is 2.27. The van der Waals surface area contributed by atoms with Gasteiger partial charge in [0.15, 0.2) is 0 Å². The van der Waals surface area contributed by atoms with Crippen LogP contribution in [0.25, 0.3) is 0 Å². The molecule has 1 atom stereocenters. The van der Waals surface area contributed by atoms with Crippen LogP contribution in [0.3, 0.4) is 0 Å². The molecule has 1 amide bonds. The maximum absolute atomic E-state index is 13.7. The third-order valence-electron chi connectivity index (χ3n) is 5.31. The highest BCUT2D eigenvalue weighted by molar-refractivity contribution is 5.94. The first-order chi connectivity index (χ1) is 14.6. The summed E-state index contributed by atoms with van der Waals surface area (Å²) in [6, 6.07) is 9.91. The van der Waals surface area contributed by atoms with E-state index in [1.165, 1.54) is 6.07 Å². The van der Waals surface area contributed by atoms with Gasteiger partial charge in [0.05, 0.1) is 6.61 Å². The van der Waals surface area contributed by atoms with Crippen molar-refractivity contribution in [2.24, 2.45) is 5.92 Å². The van der Waals surface area contributed by atoms with Gasteiger partial charge in [-0.15, -0.1) is 0 Å². The summed E-state index contributed by atoms with van der Waals surface area (Å²) in [6.07, 6.45) is 4.80. The van der Waals surface area contributed by atoms with E-state index in [0.29, 0.717) is 35.9 Å². The Labute approximate surface area is 176 Å². The van der Waals surface area contributed by atoms with Crippen LogP contribution >= 0.6 is 0 Å². The third-order valence-corrected chi connectivity index (χ3v) is 5.31. The lowest BCUT2D eigenvalue weighted by Crippen LogP contribution is -2.37. The van der Waals surface area contributed by atoms with Crippen molar-refractivity contribution in [2.75, 3.05) is 24.6 Å². The second-order valence-electron chi connectivity index (χ2n) is 7.46. The Hall–Kier alpha value is -2.96. The van der Waals surface area contributed by atoms with Gasteiger partial charge in [-0.1, -0.05) is 18.2 Å². The lowest BCUT2D eigenvalue weighted by Gasteiger charge is -2.34. The number of nitrogens with zero attached hydrogens (tertiary/aromatic N) is 2. The Kier molecular flexibility index (Phi) is 7.76. The van der Waals surface area contributed by atoms with Gasteiger partial charge < -0.3 is 15.0 Å². The van der Waals surface area contributed by atoms with Gasteiger partial charge in [0.25, 0.3) is 0 Å². The first-order valence-electron chi connectivity index (χ1n) is 10.5. The third kappa shape index (κ3) is 5.78. The van der Waals surface area contributed by atoms with Crippen molar-refractivity contribution >= 4 is 17.7 Å². The molecule has 0 aliphatic carbocycles. The van der Waals surface area contributed by atoms with Crippen LogP contribution in [0.4, 0.5) is 10.2 Å². The lowest BCUT2D eigenvalue weighted by atomic mass is 9.93. The van der Waals surface area contributed by atoms with Crippen LogP contribution in [-0.2, 0) is 16.1 Å². The average Bonchev–Trinajstić information content (AvgIpc) is 2.77. The number of carbonyl (C=O) groups excluding carboxylic acids is 2. The summed E-state index contributed by atoms with van der Waals surface area (Å²) in [5, 5.41) is 2.79. The molecule has 30 heavy (non-hydrogen) atoms. The molecule has 1 aliphatic rings. The first-order valence-corrected chi connectivity index (χ1v) is 10.5. The molecule has 7 heteroatoms. The van der Waals surface area contributed by atoms with Gasteiger partial charge >= 0.3 is 5.97 Å². The molecule has 160 valence electrons. The van der Waals surface area contributed by atoms with E-state index in [2.05, 4.69) is 15.2 Å². The molecular weight excluding hydrogens is 385 g/mol. The molecule has 3 rings (SSSR count). The number of anilines is 1. The van der Waals surface area contributed by atoms with E-state index in [9.17, 15) is 14.0 Å². The molecule has 2 heterocycles. The quantitative estimate of drug-likeness (QED) is 0.668. The Bertz CT molecular complexity index is 874. The fourth-order valence-corrected chi connectivity index (χ4v) is 3.77. The standard InChI is InChI=1S/C23H28FN3O3/c1-2-30-23(29)19-9-5-13-25-22(19)27-14-6-7-17(16-27)11-12-21(28)26-15-18-8-3-4-10-20(18)24/h3-5,8-10,13,17H,2,6-7,11-12,14-16H2,1H3,(H,26,28)/t17-/m0/s1. The molecule has 0 unspecified atom stereocenters. The summed E-state index contributed by atoms with van der Waals surface area (Å²) in [7, 11) is 0. The molecule has 1 fully saturated rings. The molecule has 2 aromatic rings. The molecule has 0 radical (unpaired) electrons. The number of ether oxygens (including phenoxy) is 1. The molecule has 0 bridgehead atoms. The van der Waals surface area contributed by atoms with Gasteiger partial charge in [-0.3, -0.25) is 4.79 Å². The van der Waals surface area contributed by atoms with E-state index in [-0.39, 0.29) is 24.2 Å². The first kappa shape index (κ1) is 21.7. The number of carbonyl (C=O) groups is 2. The minimum absolute atomic E-state index is 0.0829. The number of halogens is 1. The van der Waals surface area contributed by atoms with Crippen molar-refractivity contribution in [3.8, 4) is 0 Å². The normalized spacial score (nSPS) is 16.2. The zero-order valence-electron chi connectivity index (χ0n) is 17.3. The summed E-state index contributed by atoms with van der Waals surface area (Å²) in [5.74, 6) is 0.212. The van der Waals surface area contributed by atoms with E-state index < -0.39 is 0 Å². The molecule has 1 aromatic heterocycles. The zero-order chi connectivity index (χ0) is 21.3. The average molecular weight is 413 g/mol. The fraction of sp³-hybridized carbons (Fsp3) is 0.435. The molecule has 0 saturated carbocycles. The van der Waals surface area contributed by atoms with Crippen molar-refractivity contribution in [2.45, 2.75) is 39.2 Å². The number of piperidine rings is 1. The molecule has 1 saturated heterocycles. The van der Waals surface area contributed by atoms with Crippen LogP contribution in [0.2, 0.25) is 0 Å². The second-order valence-corrected chi connectivity index (χ2v) is 7.46. The molecule has 1 N–H and O–H groups in total. The van der Waals surface area contributed by atoms with Crippen LogP contribution in [0.5, 0.6) is 0 Å². The number of hydrogen-bond donors (Lipinski definition) is 1. The molecule has 6 nitrogen and oxygen atoms in total. The van der Waals surface area contributed by atoms with Crippen LogP contribution in [0, 0.1) is 11.7 Å². The maximum Gasteiger partial charge on any atom is 0.341 e. The van der Waals surface area contributed by atoms with Crippen molar-refractivity contribution in [1.82, 2.24) is 10.3 Å². The van der Waals surface area contributed by atoms with Crippen molar-refractivity contribution in [3.05, 3.63) is 59.5 Å². The lowest BCUT2D eigenvalue weighted by molar-refractivity contribution is -0.121. The Morgan fingerprint density at radius 3 is 2.90 bits per heavy atom. The SMILES string of the molecule is CCOC(=O)c1cccnc1N1CCC[C@@H](CCC(=O)NCc2ccccc2F)C1. The summed E-state index contributed by atoms with van der Waals surface area (Å²) in [6.45, 7) is 3.85. The number of aromatic nitrogens is 1. The van der Waals surface area contributed by atoms with Crippen molar-refractivity contribution in [1.29, 1.82) is 0 Å². The number of amides is 1. The molecule has 1 aromatic carbocycles. The van der Waals surface area contributed by atoms with Gasteiger partial charge in [0.1, 0.15) is 17.2 Å². The van der Waals surface area contributed by atoms with Gasteiger partial charge in [-0.05, 0) is 50.3 Å². The largest absolute Gasteiger partial charge is 0.462 e. The van der Waals surface area contributed by atoms with E-state index in [1.807, 2.05) is 0 Å². The highest BCUT2D eigenvalue weighted by Gasteiger charge is 2.25. The van der Waals surface area contributed by atoms with Gasteiger partial charge in [-0.2, -0.15) is 0 Å². The van der Waals surface area contributed by atoms with Gasteiger partial charge in [0, 0.05) is 37.8 Å². The number of hydrogen-bond acceptors (Lipinski definition) is 5. The minimum atomic E-state index is -0.366. The predicted molar refractivity (Wildman–Crippen MR) is 113 cm³/mol. The van der Waals surface area contributed by atoms with E-state index >= 15 is 0 Å². The summed E-state index contributed by atoms with van der Waals surface area (Å²) < 4.78 is 18.8. The van der Waals surface area contributed by atoms with Gasteiger partial charge in [0.2, 0.25) is 5.91 Å². The van der Waals surface area contributed by atoms with Gasteiger partial charge in [-0.25, -0.2) is 14.2 Å². The smallest absolute Gasteiger partial charge is 0.341 e. The second kappa shape index (κ2) is 10.7. The fourth-order valence-electron chi connectivity index (χ4n) is 3.77. The van der Waals surface area contributed by atoms with E-state index in [1.54, 1.807) is 43.5 Å². The van der Waals surface area contributed by atoms with Crippen LogP contribution in [-0.4, -0.2) is 36.6 Å². The number of benzene rings is 1. The minimum Gasteiger partial charge on any atom is -0.462 e. The number of pyridine rings is 1. The Morgan fingerprint density at radius 1 is 1.27 bits per heavy atom. The molecule has 1 aliphatic heterocycles. The van der Waals surface area contributed by atoms with Crippen LogP contribution < -0.4 is 10.2 Å². The Balaban J connectivity index is 1.52. The van der Waals surface area contributed by atoms with Crippen molar-refractivity contribution < 1.29 is 18.7 Å². The Morgan fingerprint density at radius 2 is 2.10 bits per heavy atom. The molecule has 0 spiro atoms. The van der Waals surface area contributed by atoms with E-state index in [0.717, 1.165) is 32.4 Å². The van der Waals surface area contributed by atoms with E-state index in [4.69, 9.17) is 4.74 Å². The number of nitrogens with one attached hydrogen (secondary N) is 1. The monoisotopic (exact) mass is 413 g/mol. The molecular formula is C23H28FN3O3. The number of esters is 1. The van der Waals surface area contributed by atoms with Crippen LogP contribution in [0.15, 0.2) is 42.6 Å². The topological polar surface area (TPSA) is 71.5 Å². The van der Waals surface area contributed by atoms with Crippen molar-refractivity contribution in [3.63, 3.8) is 0 Å². The van der Waals surface area contributed by atoms with Crippen LogP contribution in [0.1, 0.15) is 48.5 Å². The summed E-state index contributed by atoms with van der Waals surface area (Å²) in [4.78, 5) is 31.0. The summed E-state index contributed by atoms with van der Waals surface area (Å²) in [5.41, 5.74) is 0.957. The number of rotatable bonds is 8.